The van der Waals surface area contributed by atoms with Gasteiger partial charge in [-0.05, 0) is 44.4 Å². The van der Waals surface area contributed by atoms with Crippen molar-refractivity contribution in [1.29, 1.82) is 0 Å². The van der Waals surface area contributed by atoms with Crippen LogP contribution in [0.5, 0.6) is 5.88 Å². The summed E-state index contributed by atoms with van der Waals surface area (Å²) in [7, 11) is 0. The lowest BCUT2D eigenvalue weighted by molar-refractivity contribution is 0.0119. The predicted molar refractivity (Wildman–Crippen MR) is 114 cm³/mol. The summed E-state index contributed by atoms with van der Waals surface area (Å²) in [5, 5.41) is 7.84. The molecule has 3 aromatic heterocycles. The van der Waals surface area contributed by atoms with Crippen molar-refractivity contribution in [2.24, 2.45) is 5.92 Å². The zero-order valence-corrected chi connectivity index (χ0v) is 18.4. The third kappa shape index (κ3) is 4.05. The SMILES string of the molecule is Cc1ccc(C(=O)N2C3CCC2C(COc2cccc(C(C)(F)F)n2)C3)c(-n2ccnn2)n1. The van der Waals surface area contributed by atoms with Gasteiger partial charge in [-0.2, -0.15) is 8.78 Å². The largest absolute Gasteiger partial charge is 0.477 e. The van der Waals surface area contributed by atoms with Gasteiger partial charge in [0.05, 0.1) is 24.6 Å². The van der Waals surface area contributed by atoms with E-state index >= 15 is 0 Å². The molecular formula is C23H24F2N6O2. The van der Waals surface area contributed by atoms with Crippen LogP contribution in [0, 0.1) is 12.8 Å². The Bertz CT molecular complexity index is 1160. The fraction of sp³-hybridized carbons (Fsp3) is 0.435. The molecule has 0 aliphatic carbocycles. The van der Waals surface area contributed by atoms with Gasteiger partial charge in [-0.1, -0.05) is 11.3 Å². The van der Waals surface area contributed by atoms with Crippen molar-refractivity contribution in [3.05, 3.63) is 59.7 Å². The van der Waals surface area contributed by atoms with Crippen molar-refractivity contribution in [1.82, 2.24) is 29.9 Å². The number of rotatable bonds is 6. The van der Waals surface area contributed by atoms with Crippen LogP contribution in [0.1, 0.15) is 47.9 Å². The molecule has 3 atom stereocenters. The molecule has 0 spiro atoms. The zero-order chi connectivity index (χ0) is 23.2. The number of aryl methyl sites for hydroxylation is 1. The average Bonchev–Trinajstić information content (AvgIpc) is 3.53. The molecule has 1 amide bonds. The second kappa shape index (κ2) is 8.17. The highest BCUT2D eigenvalue weighted by atomic mass is 19.3. The van der Waals surface area contributed by atoms with Gasteiger partial charge in [0.1, 0.15) is 5.69 Å². The quantitative estimate of drug-likeness (QED) is 0.566. The molecule has 2 aliphatic heterocycles. The summed E-state index contributed by atoms with van der Waals surface area (Å²) >= 11 is 0. The minimum absolute atomic E-state index is 0.0169. The van der Waals surface area contributed by atoms with Crippen LogP contribution in [0.2, 0.25) is 0 Å². The Morgan fingerprint density at radius 2 is 2.06 bits per heavy atom. The highest BCUT2D eigenvalue weighted by Crippen LogP contribution is 2.43. The predicted octanol–water partition coefficient (Wildman–Crippen LogP) is 3.55. The summed E-state index contributed by atoms with van der Waals surface area (Å²) in [4.78, 5) is 24.0. The van der Waals surface area contributed by atoms with Crippen LogP contribution in [0.4, 0.5) is 8.78 Å². The highest BCUT2D eigenvalue weighted by molar-refractivity contribution is 5.98. The van der Waals surface area contributed by atoms with E-state index in [4.69, 9.17) is 4.74 Å². The Labute approximate surface area is 189 Å². The van der Waals surface area contributed by atoms with E-state index in [9.17, 15) is 13.6 Å². The van der Waals surface area contributed by atoms with E-state index in [0.717, 1.165) is 31.9 Å². The van der Waals surface area contributed by atoms with Crippen LogP contribution >= 0.6 is 0 Å². The number of aromatic nitrogens is 5. The third-order valence-electron chi connectivity index (χ3n) is 6.40. The molecule has 3 unspecified atom stereocenters. The number of carbonyl (C=O) groups is 1. The van der Waals surface area contributed by atoms with Crippen molar-refractivity contribution < 1.29 is 18.3 Å². The van der Waals surface area contributed by atoms with Crippen molar-refractivity contribution in [2.45, 2.75) is 51.1 Å². The number of halogens is 2. The summed E-state index contributed by atoms with van der Waals surface area (Å²) < 4.78 is 34.5. The van der Waals surface area contributed by atoms with E-state index < -0.39 is 5.92 Å². The van der Waals surface area contributed by atoms with E-state index in [1.165, 1.54) is 16.8 Å². The fourth-order valence-electron chi connectivity index (χ4n) is 4.89. The van der Waals surface area contributed by atoms with Crippen LogP contribution in [0.3, 0.4) is 0 Å². The zero-order valence-electron chi connectivity index (χ0n) is 18.4. The second-order valence-corrected chi connectivity index (χ2v) is 8.74. The van der Waals surface area contributed by atoms with Crippen LogP contribution in [-0.4, -0.2) is 54.5 Å². The van der Waals surface area contributed by atoms with Crippen molar-refractivity contribution in [3.63, 3.8) is 0 Å². The smallest absolute Gasteiger partial charge is 0.287 e. The molecule has 2 saturated heterocycles. The Balaban J connectivity index is 1.33. The topological polar surface area (TPSA) is 86.0 Å². The molecule has 0 saturated carbocycles. The van der Waals surface area contributed by atoms with Crippen LogP contribution in [0.15, 0.2) is 42.7 Å². The van der Waals surface area contributed by atoms with Crippen molar-refractivity contribution in [2.75, 3.05) is 6.61 Å². The van der Waals surface area contributed by atoms with Gasteiger partial charge in [0, 0.05) is 36.7 Å². The number of nitrogens with zero attached hydrogens (tertiary/aromatic N) is 6. The molecule has 2 aliphatic rings. The molecule has 3 aromatic rings. The van der Waals surface area contributed by atoms with Gasteiger partial charge >= 0.3 is 0 Å². The van der Waals surface area contributed by atoms with E-state index in [1.807, 2.05) is 17.9 Å². The lowest BCUT2D eigenvalue weighted by atomic mass is 9.90. The number of pyridine rings is 2. The second-order valence-electron chi connectivity index (χ2n) is 8.74. The molecule has 0 radical (unpaired) electrons. The van der Waals surface area contributed by atoms with E-state index in [1.54, 1.807) is 24.5 Å². The number of fused-ring (bicyclic) bond motifs is 2. The number of hydrogen-bond donors (Lipinski definition) is 0. The van der Waals surface area contributed by atoms with Gasteiger partial charge in [0.2, 0.25) is 5.88 Å². The first-order valence-corrected chi connectivity index (χ1v) is 11.0. The maximum Gasteiger partial charge on any atom is 0.287 e. The molecule has 8 nitrogen and oxygen atoms in total. The van der Waals surface area contributed by atoms with Gasteiger partial charge in [-0.15, -0.1) is 5.10 Å². The molecule has 172 valence electrons. The lowest BCUT2D eigenvalue weighted by Gasteiger charge is -2.25. The molecule has 0 aromatic carbocycles. The minimum atomic E-state index is -3.03. The number of alkyl halides is 2. The Morgan fingerprint density at radius 1 is 1.21 bits per heavy atom. The van der Waals surface area contributed by atoms with Crippen molar-refractivity contribution >= 4 is 5.91 Å². The van der Waals surface area contributed by atoms with E-state index in [-0.39, 0.29) is 35.5 Å². The number of hydrogen-bond acceptors (Lipinski definition) is 6. The molecule has 33 heavy (non-hydrogen) atoms. The van der Waals surface area contributed by atoms with Gasteiger partial charge in [-0.3, -0.25) is 4.79 Å². The van der Waals surface area contributed by atoms with Crippen molar-refractivity contribution in [3.8, 4) is 11.7 Å². The molecule has 0 N–H and O–H groups in total. The Hall–Kier alpha value is -3.43. The third-order valence-corrected chi connectivity index (χ3v) is 6.40. The first-order chi connectivity index (χ1) is 15.8. The normalized spacial score (nSPS) is 22.1. The molecule has 5 rings (SSSR count). The van der Waals surface area contributed by atoms with Gasteiger partial charge < -0.3 is 9.64 Å². The summed E-state index contributed by atoms with van der Waals surface area (Å²) in [5.41, 5.74) is 0.932. The molecular weight excluding hydrogens is 430 g/mol. The highest BCUT2D eigenvalue weighted by Gasteiger charge is 2.49. The first kappa shape index (κ1) is 21.4. The Morgan fingerprint density at radius 3 is 2.82 bits per heavy atom. The lowest BCUT2D eigenvalue weighted by Crippen LogP contribution is -2.38. The summed E-state index contributed by atoms with van der Waals surface area (Å²) in [5.74, 6) is -2.38. The molecule has 5 heterocycles. The van der Waals surface area contributed by atoms with Crippen LogP contribution < -0.4 is 4.74 Å². The molecule has 2 fully saturated rings. The maximum atomic E-state index is 13.6. The maximum absolute atomic E-state index is 13.6. The summed E-state index contributed by atoms with van der Waals surface area (Å²) in [6.07, 6.45) is 5.82. The van der Waals surface area contributed by atoms with Gasteiger partial charge in [0.25, 0.3) is 11.8 Å². The monoisotopic (exact) mass is 454 g/mol. The molecule has 10 heteroatoms. The van der Waals surface area contributed by atoms with E-state index in [0.29, 0.717) is 18.0 Å². The number of carbonyl (C=O) groups excluding carboxylic acids is 1. The van der Waals surface area contributed by atoms with Gasteiger partial charge in [-0.25, -0.2) is 14.6 Å². The minimum Gasteiger partial charge on any atom is -0.477 e. The molecule has 2 bridgehead atoms. The Kier molecular flexibility index (Phi) is 5.30. The summed E-state index contributed by atoms with van der Waals surface area (Å²) in [6.45, 7) is 2.99. The van der Waals surface area contributed by atoms with Crippen LogP contribution in [-0.2, 0) is 5.92 Å². The van der Waals surface area contributed by atoms with E-state index in [2.05, 4.69) is 20.3 Å². The van der Waals surface area contributed by atoms with Gasteiger partial charge in [0.15, 0.2) is 5.82 Å². The number of ether oxygens (including phenoxy) is 1. The fourth-order valence-corrected chi connectivity index (χ4v) is 4.89. The first-order valence-electron chi connectivity index (χ1n) is 11.0. The number of amides is 1. The standard InChI is InChI=1S/C23H24F2N6O2/c1-14-6-8-17(21(27-14)30-11-10-26-29-30)22(32)31-16-7-9-18(31)15(12-16)13-33-20-5-3-4-19(28-20)23(2,24)25/h3-6,8,10-11,15-16,18H,7,9,12-13H2,1-2H3. The van der Waals surface area contributed by atoms with Crippen LogP contribution in [0.25, 0.3) is 5.82 Å². The summed E-state index contributed by atoms with van der Waals surface area (Å²) in [6, 6.07) is 8.10. The average molecular weight is 454 g/mol.